The lowest BCUT2D eigenvalue weighted by molar-refractivity contribution is 0.561. The maximum absolute atomic E-state index is 13.1. The van der Waals surface area contributed by atoms with Crippen molar-refractivity contribution in [2.24, 2.45) is 0 Å². The molecule has 5 nitrogen and oxygen atoms in total. The summed E-state index contributed by atoms with van der Waals surface area (Å²) < 4.78 is 30.7. The van der Waals surface area contributed by atoms with Crippen LogP contribution in [0.2, 0.25) is 0 Å². The van der Waals surface area contributed by atoms with Crippen molar-refractivity contribution in [2.75, 3.05) is 4.72 Å². The minimum Gasteiger partial charge on any atom is -0.276 e. The van der Waals surface area contributed by atoms with Crippen molar-refractivity contribution in [2.45, 2.75) is 64.2 Å². The van der Waals surface area contributed by atoms with Crippen LogP contribution in [0.3, 0.4) is 0 Å². The van der Waals surface area contributed by atoms with Crippen LogP contribution in [0.15, 0.2) is 59.6 Å². The number of anilines is 1. The van der Waals surface area contributed by atoms with E-state index in [4.69, 9.17) is 5.10 Å². The molecule has 1 aromatic heterocycles. The molecule has 0 saturated heterocycles. The van der Waals surface area contributed by atoms with Gasteiger partial charge in [-0.2, -0.15) is 5.10 Å². The van der Waals surface area contributed by atoms with Crippen molar-refractivity contribution in [3.63, 3.8) is 0 Å². The van der Waals surface area contributed by atoms with E-state index in [1.165, 1.54) is 0 Å². The number of hydrogen-bond acceptors (Lipinski definition) is 3. The fourth-order valence-corrected chi connectivity index (χ4v) is 4.42. The number of aryl methyl sites for hydroxylation is 2. The Bertz CT molecular complexity index is 1110. The largest absolute Gasteiger partial charge is 0.276 e. The van der Waals surface area contributed by atoms with Crippen LogP contribution in [0.25, 0.3) is 5.69 Å². The van der Waals surface area contributed by atoms with Gasteiger partial charge >= 0.3 is 0 Å². The monoisotopic (exact) mass is 425 g/mol. The van der Waals surface area contributed by atoms with E-state index in [-0.39, 0.29) is 10.3 Å². The molecule has 0 bridgehead atoms. The van der Waals surface area contributed by atoms with Gasteiger partial charge in [0.25, 0.3) is 10.0 Å². The number of para-hydroxylation sites is 1. The Hall–Kier alpha value is -2.60. The highest BCUT2D eigenvalue weighted by molar-refractivity contribution is 7.92. The van der Waals surface area contributed by atoms with Crippen LogP contribution in [-0.4, -0.2) is 18.2 Å². The second-order valence-corrected chi connectivity index (χ2v) is 10.4. The van der Waals surface area contributed by atoms with Crippen LogP contribution in [0.5, 0.6) is 0 Å². The average molecular weight is 426 g/mol. The van der Waals surface area contributed by atoms with Crippen LogP contribution in [-0.2, 0) is 21.9 Å². The fraction of sp³-hybridized carbons (Fsp3) is 0.375. The Kier molecular flexibility index (Phi) is 6.36. The van der Waals surface area contributed by atoms with Crippen molar-refractivity contribution < 1.29 is 8.42 Å². The highest BCUT2D eigenvalue weighted by Crippen LogP contribution is 2.31. The minimum atomic E-state index is -3.72. The number of hydrogen-bond donors (Lipinski definition) is 1. The molecule has 0 amide bonds. The van der Waals surface area contributed by atoms with Gasteiger partial charge in [0.2, 0.25) is 0 Å². The number of aromatic nitrogens is 2. The van der Waals surface area contributed by atoms with Gasteiger partial charge in [-0.3, -0.25) is 4.72 Å². The second kappa shape index (κ2) is 8.64. The first-order valence-electron chi connectivity index (χ1n) is 10.4. The summed E-state index contributed by atoms with van der Waals surface area (Å²) in [6, 6.07) is 15.0. The van der Waals surface area contributed by atoms with Crippen molar-refractivity contribution in [3.8, 4) is 5.69 Å². The van der Waals surface area contributed by atoms with E-state index in [1.807, 2.05) is 64.1 Å². The standard InChI is InChI=1S/C24H31N3O2S/c1-6-7-11-19-13-15-20(16-14-19)30(28,29)26-21-17-27(25-23(21)24(3,4)5)22-12-9-8-10-18(22)2/h8-10,12-17,26H,6-7,11H2,1-5H3. The number of nitrogens with one attached hydrogen (secondary N) is 1. The van der Waals surface area contributed by atoms with Crippen molar-refractivity contribution >= 4 is 15.7 Å². The lowest BCUT2D eigenvalue weighted by Gasteiger charge is -2.18. The van der Waals surface area contributed by atoms with Gasteiger partial charge < -0.3 is 0 Å². The number of benzene rings is 2. The quantitative estimate of drug-likeness (QED) is 0.534. The summed E-state index contributed by atoms with van der Waals surface area (Å²) >= 11 is 0. The van der Waals surface area contributed by atoms with Gasteiger partial charge in [-0.15, -0.1) is 0 Å². The normalized spacial score (nSPS) is 12.2. The average Bonchev–Trinajstić information content (AvgIpc) is 3.10. The number of unbranched alkanes of at least 4 members (excludes halogenated alkanes) is 1. The second-order valence-electron chi connectivity index (χ2n) is 8.73. The molecule has 0 radical (unpaired) electrons. The Morgan fingerprint density at radius 2 is 1.70 bits per heavy atom. The maximum Gasteiger partial charge on any atom is 0.262 e. The predicted octanol–water partition coefficient (Wildman–Crippen LogP) is 5.62. The van der Waals surface area contributed by atoms with Gasteiger partial charge in [-0.1, -0.05) is 64.4 Å². The third-order valence-corrected chi connectivity index (χ3v) is 6.47. The lowest BCUT2D eigenvalue weighted by Crippen LogP contribution is -2.18. The van der Waals surface area contributed by atoms with Crippen molar-refractivity contribution in [3.05, 3.63) is 71.5 Å². The van der Waals surface area contributed by atoms with E-state index in [1.54, 1.807) is 23.0 Å². The summed E-state index contributed by atoms with van der Waals surface area (Å²) in [5.41, 5.74) is 4.02. The van der Waals surface area contributed by atoms with Crippen LogP contribution in [0, 0.1) is 6.92 Å². The van der Waals surface area contributed by atoms with E-state index in [0.717, 1.165) is 36.1 Å². The molecule has 160 valence electrons. The molecule has 0 aliphatic rings. The Labute approximate surface area is 180 Å². The van der Waals surface area contributed by atoms with Crippen LogP contribution in [0.1, 0.15) is 57.4 Å². The van der Waals surface area contributed by atoms with E-state index in [2.05, 4.69) is 11.6 Å². The number of sulfonamides is 1. The Balaban J connectivity index is 1.95. The van der Waals surface area contributed by atoms with Crippen molar-refractivity contribution in [1.82, 2.24) is 9.78 Å². The molecule has 0 unspecified atom stereocenters. The summed E-state index contributed by atoms with van der Waals surface area (Å²) in [7, 11) is -3.72. The molecule has 3 rings (SSSR count). The molecule has 0 atom stereocenters. The third-order valence-electron chi connectivity index (χ3n) is 5.08. The first kappa shape index (κ1) is 22.1. The molecule has 0 saturated carbocycles. The van der Waals surface area contributed by atoms with Gasteiger partial charge in [-0.05, 0) is 49.1 Å². The minimum absolute atomic E-state index is 0.256. The highest BCUT2D eigenvalue weighted by atomic mass is 32.2. The van der Waals surface area contributed by atoms with Gasteiger partial charge in [0.05, 0.1) is 28.2 Å². The zero-order valence-electron chi connectivity index (χ0n) is 18.4. The van der Waals surface area contributed by atoms with Crippen LogP contribution >= 0.6 is 0 Å². The first-order valence-corrected chi connectivity index (χ1v) is 11.9. The van der Waals surface area contributed by atoms with E-state index < -0.39 is 10.0 Å². The number of nitrogens with zero attached hydrogens (tertiary/aromatic N) is 2. The smallest absolute Gasteiger partial charge is 0.262 e. The van der Waals surface area contributed by atoms with Gasteiger partial charge in [-0.25, -0.2) is 13.1 Å². The summed E-state index contributed by atoms with van der Waals surface area (Å²) in [4.78, 5) is 0.256. The molecule has 3 aromatic rings. The van der Waals surface area contributed by atoms with E-state index in [9.17, 15) is 8.42 Å². The molecule has 1 heterocycles. The summed E-state index contributed by atoms with van der Waals surface area (Å²) in [6.45, 7) is 10.2. The van der Waals surface area contributed by atoms with E-state index in [0.29, 0.717) is 11.4 Å². The summed E-state index contributed by atoms with van der Waals surface area (Å²) in [5, 5.41) is 4.73. The van der Waals surface area contributed by atoms with Crippen LogP contribution in [0.4, 0.5) is 5.69 Å². The molecule has 1 N–H and O–H groups in total. The Morgan fingerprint density at radius 1 is 1.03 bits per heavy atom. The number of rotatable bonds is 7. The third kappa shape index (κ3) is 4.93. The molecule has 0 spiro atoms. The lowest BCUT2D eigenvalue weighted by atomic mass is 9.92. The van der Waals surface area contributed by atoms with Gasteiger partial charge in [0.15, 0.2) is 0 Å². The fourth-order valence-electron chi connectivity index (χ4n) is 3.37. The molecule has 30 heavy (non-hydrogen) atoms. The zero-order valence-corrected chi connectivity index (χ0v) is 19.3. The molecule has 0 aliphatic heterocycles. The van der Waals surface area contributed by atoms with Gasteiger partial charge in [0, 0.05) is 5.41 Å². The SMILES string of the molecule is CCCCc1ccc(S(=O)(=O)Nc2cn(-c3ccccc3C)nc2C(C)(C)C)cc1. The Morgan fingerprint density at radius 3 is 2.30 bits per heavy atom. The molecule has 6 heteroatoms. The molecular weight excluding hydrogens is 394 g/mol. The maximum atomic E-state index is 13.1. The topological polar surface area (TPSA) is 64.0 Å². The molecule has 0 aliphatic carbocycles. The molecule has 2 aromatic carbocycles. The molecular formula is C24H31N3O2S. The van der Waals surface area contributed by atoms with Crippen molar-refractivity contribution in [1.29, 1.82) is 0 Å². The zero-order chi connectivity index (χ0) is 21.9. The van der Waals surface area contributed by atoms with Crippen LogP contribution < -0.4 is 4.72 Å². The molecule has 0 fully saturated rings. The summed E-state index contributed by atoms with van der Waals surface area (Å²) in [5.74, 6) is 0. The predicted molar refractivity (Wildman–Crippen MR) is 123 cm³/mol. The van der Waals surface area contributed by atoms with E-state index >= 15 is 0 Å². The van der Waals surface area contributed by atoms with Gasteiger partial charge in [0.1, 0.15) is 0 Å². The summed E-state index contributed by atoms with van der Waals surface area (Å²) in [6.07, 6.45) is 4.93. The first-order chi connectivity index (χ1) is 14.1. The highest BCUT2D eigenvalue weighted by Gasteiger charge is 2.26.